The van der Waals surface area contributed by atoms with Gasteiger partial charge in [0.05, 0.1) is 11.5 Å². The highest BCUT2D eigenvalue weighted by atomic mass is 16.6. The van der Waals surface area contributed by atoms with Crippen LogP contribution in [0.15, 0.2) is 0 Å². The molecule has 0 aromatic heterocycles. The van der Waals surface area contributed by atoms with Gasteiger partial charge in [-0.15, -0.1) is 0 Å². The molecule has 0 radical (unpaired) electrons. The topological polar surface area (TPSA) is 46.5 Å². The molecule has 5 atom stereocenters. The van der Waals surface area contributed by atoms with Crippen LogP contribution in [0.25, 0.3) is 0 Å². The maximum Gasteiger partial charge on any atom is 0.310 e. The molecule has 0 spiro atoms. The van der Waals surface area contributed by atoms with Gasteiger partial charge < -0.3 is 9.84 Å². The molecule has 8 bridgehead atoms. The SMILES string of the molecule is CC(C)(C)CC(C(=O)OC12CC3CC4C1CC1CC2C(C3)C4(O)C1)C(C)(C)C. The molecule has 0 amide bonds. The average molecular weight is 389 g/mol. The third-order valence-electron chi connectivity index (χ3n) is 9.52. The van der Waals surface area contributed by atoms with Gasteiger partial charge in [-0.1, -0.05) is 41.5 Å². The van der Waals surface area contributed by atoms with E-state index in [1.54, 1.807) is 0 Å². The maximum absolute atomic E-state index is 13.7. The van der Waals surface area contributed by atoms with Crippen LogP contribution >= 0.6 is 0 Å². The lowest BCUT2D eigenvalue weighted by atomic mass is 9.32. The summed E-state index contributed by atoms with van der Waals surface area (Å²) in [6.45, 7) is 13.2. The quantitative estimate of drug-likeness (QED) is 0.676. The molecule has 7 saturated carbocycles. The van der Waals surface area contributed by atoms with E-state index in [4.69, 9.17) is 4.74 Å². The first kappa shape index (κ1) is 19.4. The fraction of sp³-hybridized carbons (Fsp3) is 0.960. The fourth-order valence-electron chi connectivity index (χ4n) is 8.68. The largest absolute Gasteiger partial charge is 0.458 e. The van der Waals surface area contributed by atoms with Crippen LogP contribution in [0.1, 0.15) is 86.5 Å². The summed E-state index contributed by atoms with van der Waals surface area (Å²) in [4.78, 5) is 13.7. The standard InChI is InChI=1S/C25H40O3/c1-22(2,3)13-20(23(4,5)6)21(26)28-25-12-15-7-16-18(25)9-14-10-19(25)17(8-15)24(16,27)11-14/h14-20,27H,7-13H2,1-6H3. The van der Waals surface area contributed by atoms with Crippen LogP contribution in [0, 0.1) is 52.3 Å². The van der Waals surface area contributed by atoms with Crippen molar-refractivity contribution in [2.75, 3.05) is 0 Å². The molecule has 0 aromatic rings. The normalized spacial score (nSPS) is 49.5. The number of esters is 1. The van der Waals surface area contributed by atoms with Crippen LogP contribution in [-0.2, 0) is 9.53 Å². The Morgan fingerprint density at radius 2 is 1.43 bits per heavy atom. The second kappa shape index (κ2) is 5.56. The highest BCUT2D eigenvalue weighted by Gasteiger charge is 2.76. The Bertz CT molecular complexity index is 657. The molecule has 7 rings (SSSR count). The van der Waals surface area contributed by atoms with Crippen LogP contribution < -0.4 is 0 Å². The highest BCUT2D eigenvalue weighted by molar-refractivity contribution is 5.74. The van der Waals surface area contributed by atoms with Crippen molar-refractivity contribution >= 4 is 5.97 Å². The molecule has 28 heavy (non-hydrogen) atoms. The number of ether oxygens (including phenoxy) is 1. The summed E-state index contributed by atoms with van der Waals surface area (Å²) < 4.78 is 6.72. The van der Waals surface area contributed by atoms with Crippen LogP contribution in [0.4, 0.5) is 0 Å². The number of hydrogen-bond acceptors (Lipinski definition) is 3. The van der Waals surface area contributed by atoms with Gasteiger partial charge in [-0.05, 0) is 79.4 Å². The van der Waals surface area contributed by atoms with Gasteiger partial charge >= 0.3 is 5.97 Å². The number of hydrogen-bond donors (Lipinski definition) is 1. The number of aliphatic hydroxyl groups is 1. The smallest absolute Gasteiger partial charge is 0.310 e. The lowest BCUT2D eigenvalue weighted by Crippen LogP contribution is -2.78. The van der Waals surface area contributed by atoms with Crippen molar-refractivity contribution in [3.05, 3.63) is 0 Å². The molecule has 0 aliphatic heterocycles. The van der Waals surface area contributed by atoms with Crippen molar-refractivity contribution < 1.29 is 14.6 Å². The van der Waals surface area contributed by atoms with Crippen LogP contribution in [0.2, 0.25) is 0 Å². The highest BCUT2D eigenvalue weighted by Crippen LogP contribution is 2.75. The second-order valence-electron chi connectivity index (χ2n) is 13.6. The van der Waals surface area contributed by atoms with E-state index in [2.05, 4.69) is 41.5 Å². The minimum atomic E-state index is -0.446. The van der Waals surface area contributed by atoms with Crippen molar-refractivity contribution in [1.82, 2.24) is 0 Å². The van der Waals surface area contributed by atoms with Crippen molar-refractivity contribution in [2.45, 2.75) is 97.7 Å². The predicted molar refractivity (Wildman–Crippen MR) is 109 cm³/mol. The summed E-state index contributed by atoms with van der Waals surface area (Å²) in [7, 11) is 0. The fourth-order valence-corrected chi connectivity index (χ4v) is 8.68. The van der Waals surface area contributed by atoms with Crippen molar-refractivity contribution in [3.8, 4) is 0 Å². The van der Waals surface area contributed by atoms with Crippen molar-refractivity contribution in [1.29, 1.82) is 0 Å². The van der Waals surface area contributed by atoms with E-state index in [0.29, 0.717) is 35.5 Å². The molecular formula is C25H40O3. The van der Waals surface area contributed by atoms with Crippen LogP contribution in [-0.4, -0.2) is 22.3 Å². The Balaban J connectivity index is 1.47. The van der Waals surface area contributed by atoms with Crippen LogP contribution in [0.3, 0.4) is 0 Å². The molecular weight excluding hydrogens is 348 g/mol. The second-order valence-corrected chi connectivity index (χ2v) is 13.6. The number of carbonyl (C=O) groups excluding carboxylic acids is 1. The first-order valence-electron chi connectivity index (χ1n) is 11.8. The van der Waals surface area contributed by atoms with Crippen molar-refractivity contribution in [2.24, 2.45) is 52.3 Å². The molecule has 158 valence electrons. The van der Waals surface area contributed by atoms with Gasteiger partial charge in [-0.3, -0.25) is 4.79 Å². The van der Waals surface area contributed by atoms with E-state index in [1.165, 1.54) is 25.7 Å². The predicted octanol–water partition coefficient (Wildman–Crippen LogP) is 5.20. The summed E-state index contributed by atoms with van der Waals surface area (Å²) in [6, 6.07) is 0. The van der Waals surface area contributed by atoms with Crippen LogP contribution in [0.5, 0.6) is 0 Å². The summed E-state index contributed by atoms with van der Waals surface area (Å²) in [5.74, 6) is 2.84. The third kappa shape index (κ3) is 2.53. The Morgan fingerprint density at radius 3 is 1.93 bits per heavy atom. The molecule has 7 aliphatic rings. The molecule has 7 fully saturated rings. The molecule has 3 nitrogen and oxygen atoms in total. The molecule has 5 unspecified atom stereocenters. The molecule has 7 aliphatic carbocycles. The van der Waals surface area contributed by atoms with Gasteiger partial charge in [0.1, 0.15) is 5.60 Å². The van der Waals surface area contributed by atoms with Gasteiger partial charge in [-0.25, -0.2) is 0 Å². The molecule has 0 saturated heterocycles. The van der Waals surface area contributed by atoms with E-state index in [-0.39, 0.29) is 28.3 Å². The van der Waals surface area contributed by atoms with E-state index >= 15 is 0 Å². The third-order valence-corrected chi connectivity index (χ3v) is 9.52. The summed E-state index contributed by atoms with van der Waals surface area (Å²) >= 11 is 0. The van der Waals surface area contributed by atoms with Gasteiger partial charge in [0, 0.05) is 11.8 Å². The summed E-state index contributed by atoms with van der Waals surface area (Å²) in [5.41, 5.74) is -0.705. The molecule has 0 aromatic carbocycles. The van der Waals surface area contributed by atoms with Gasteiger partial charge in [0.15, 0.2) is 0 Å². The Kier molecular flexibility index (Phi) is 3.85. The van der Waals surface area contributed by atoms with E-state index < -0.39 is 5.60 Å². The zero-order valence-electron chi connectivity index (χ0n) is 18.8. The lowest BCUT2D eigenvalue weighted by molar-refractivity contribution is -0.345. The number of rotatable bonds is 3. The Morgan fingerprint density at radius 1 is 0.929 bits per heavy atom. The van der Waals surface area contributed by atoms with E-state index in [9.17, 15) is 9.90 Å². The lowest BCUT2D eigenvalue weighted by Gasteiger charge is -2.75. The monoisotopic (exact) mass is 388 g/mol. The molecule has 0 heterocycles. The first-order valence-corrected chi connectivity index (χ1v) is 11.8. The Hall–Kier alpha value is -0.570. The van der Waals surface area contributed by atoms with Gasteiger partial charge in [0.2, 0.25) is 0 Å². The van der Waals surface area contributed by atoms with Gasteiger partial charge in [0.25, 0.3) is 0 Å². The first-order chi connectivity index (χ1) is 12.8. The van der Waals surface area contributed by atoms with E-state index in [0.717, 1.165) is 19.3 Å². The maximum atomic E-state index is 13.7. The minimum absolute atomic E-state index is 0.0435. The van der Waals surface area contributed by atoms with E-state index in [1.807, 2.05) is 0 Å². The zero-order valence-corrected chi connectivity index (χ0v) is 18.8. The minimum Gasteiger partial charge on any atom is -0.458 e. The summed E-state index contributed by atoms with van der Waals surface area (Å²) in [6.07, 6.45) is 7.63. The van der Waals surface area contributed by atoms with Gasteiger partial charge in [-0.2, -0.15) is 0 Å². The zero-order chi connectivity index (χ0) is 20.3. The summed E-state index contributed by atoms with van der Waals surface area (Å²) in [5, 5.41) is 11.6. The Labute approximate surface area is 171 Å². The number of carbonyl (C=O) groups is 1. The average Bonchev–Trinajstić information content (AvgIpc) is 2.55. The molecule has 1 N–H and O–H groups in total. The van der Waals surface area contributed by atoms with Crippen molar-refractivity contribution in [3.63, 3.8) is 0 Å². The molecule has 3 heteroatoms.